The summed E-state index contributed by atoms with van der Waals surface area (Å²) in [6.45, 7) is 3.10. The molecule has 5 rings (SSSR count). The summed E-state index contributed by atoms with van der Waals surface area (Å²) in [6, 6.07) is 24.3. The Morgan fingerprint density at radius 2 is 1.70 bits per heavy atom. The lowest BCUT2D eigenvalue weighted by molar-refractivity contribution is -0.126. The fourth-order valence-electron chi connectivity index (χ4n) is 4.58. The van der Waals surface area contributed by atoms with Crippen LogP contribution in [0.5, 0.6) is 0 Å². The molecule has 1 aliphatic rings. The van der Waals surface area contributed by atoms with E-state index in [1.54, 1.807) is 0 Å². The van der Waals surface area contributed by atoms with Crippen molar-refractivity contribution in [1.29, 1.82) is 0 Å². The van der Waals surface area contributed by atoms with Crippen LogP contribution in [0.15, 0.2) is 91.4 Å². The lowest BCUT2D eigenvalue weighted by Crippen LogP contribution is -2.42. The number of amides is 1. The Morgan fingerprint density at radius 3 is 2.45 bits per heavy atom. The van der Waals surface area contributed by atoms with Crippen LogP contribution in [0.25, 0.3) is 11.5 Å². The number of hydrogen-bond donors (Lipinski definition) is 1. The molecule has 1 saturated heterocycles. The Morgan fingerprint density at radius 1 is 0.970 bits per heavy atom. The van der Waals surface area contributed by atoms with Crippen LogP contribution in [0.2, 0.25) is 0 Å². The van der Waals surface area contributed by atoms with Gasteiger partial charge >= 0.3 is 0 Å². The predicted molar refractivity (Wildman–Crippen MR) is 129 cm³/mol. The zero-order valence-electron chi connectivity index (χ0n) is 18.7. The van der Waals surface area contributed by atoms with Crippen molar-refractivity contribution in [3.8, 4) is 11.5 Å². The normalized spacial score (nSPS) is 16.5. The Labute approximate surface area is 194 Å². The van der Waals surface area contributed by atoms with Gasteiger partial charge < -0.3 is 9.88 Å². The van der Waals surface area contributed by atoms with Gasteiger partial charge in [0.15, 0.2) is 0 Å². The lowest BCUT2D eigenvalue weighted by Gasteiger charge is -2.32. The van der Waals surface area contributed by atoms with E-state index in [0.29, 0.717) is 6.54 Å². The highest BCUT2D eigenvalue weighted by Crippen LogP contribution is 2.24. The van der Waals surface area contributed by atoms with Crippen molar-refractivity contribution >= 4 is 5.91 Å². The predicted octanol–water partition coefficient (Wildman–Crippen LogP) is 4.19. The van der Waals surface area contributed by atoms with Crippen molar-refractivity contribution in [2.24, 2.45) is 5.92 Å². The minimum Gasteiger partial charge on any atom is -0.352 e. The molecule has 2 aromatic carbocycles. The van der Waals surface area contributed by atoms with Crippen molar-refractivity contribution in [2.75, 3.05) is 13.1 Å². The highest BCUT2D eigenvalue weighted by molar-refractivity contribution is 5.79. The molecule has 6 heteroatoms. The van der Waals surface area contributed by atoms with E-state index in [-0.39, 0.29) is 11.8 Å². The van der Waals surface area contributed by atoms with E-state index in [1.807, 2.05) is 71.5 Å². The second-order valence-corrected chi connectivity index (χ2v) is 8.61. The van der Waals surface area contributed by atoms with Crippen molar-refractivity contribution in [2.45, 2.75) is 25.9 Å². The second kappa shape index (κ2) is 9.88. The van der Waals surface area contributed by atoms with Gasteiger partial charge in [0.2, 0.25) is 5.91 Å². The van der Waals surface area contributed by atoms with E-state index in [9.17, 15) is 4.79 Å². The average molecular weight is 440 g/mol. The van der Waals surface area contributed by atoms with Gasteiger partial charge in [-0.2, -0.15) is 5.10 Å². The van der Waals surface area contributed by atoms with E-state index in [4.69, 9.17) is 5.10 Å². The zero-order chi connectivity index (χ0) is 22.5. The number of para-hydroxylation sites is 1. The Bertz CT molecular complexity index is 1170. The molecule has 1 amide bonds. The van der Waals surface area contributed by atoms with E-state index in [0.717, 1.165) is 55.1 Å². The number of aromatic nitrogens is 3. The number of likely N-dealkylation sites (tertiary alicyclic amines) is 1. The number of piperidine rings is 1. The molecule has 1 fully saturated rings. The Hall–Kier alpha value is -3.64. The van der Waals surface area contributed by atoms with Crippen LogP contribution >= 0.6 is 0 Å². The van der Waals surface area contributed by atoms with Gasteiger partial charge in [-0.1, -0.05) is 48.5 Å². The number of benzene rings is 2. The molecule has 168 valence electrons. The molecule has 0 saturated carbocycles. The molecule has 2 aromatic heterocycles. The number of rotatable bonds is 7. The van der Waals surface area contributed by atoms with Crippen molar-refractivity contribution in [3.63, 3.8) is 0 Å². The molecule has 1 aliphatic heterocycles. The molecule has 0 aliphatic carbocycles. The minimum absolute atomic E-state index is 0.0154. The molecule has 4 aromatic rings. The van der Waals surface area contributed by atoms with Crippen LogP contribution in [0.4, 0.5) is 0 Å². The number of hydrogen-bond acceptors (Lipinski definition) is 3. The first-order valence-corrected chi connectivity index (χ1v) is 11.6. The van der Waals surface area contributed by atoms with Crippen LogP contribution in [0.3, 0.4) is 0 Å². The van der Waals surface area contributed by atoms with Gasteiger partial charge in [0.05, 0.1) is 17.8 Å². The number of carbonyl (C=O) groups excluding carboxylic acids is 1. The smallest absolute Gasteiger partial charge is 0.224 e. The van der Waals surface area contributed by atoms with Gasteiger partial charge in [-0.15, -0.1) is 0 Å². The average Bonchev–Trinajstić information content (AvgIpc) is 3.54. The molecule has 0 radical (unpaired) electrons. The number of carbonyl (C=O) groups is 1. The monoisotopic (exact) mass is 439 g/mol. The maximum atomic E-state index is 12.9. The molecule has 1 unspecified atom stereocenters. The van der Waals surface area contributed by atoms with Gasteiger partial charge in [0, 0.05) is 37.6 Å². The van der Waals surface area contributed by atoms with Crippen molar-refractivity contribution in [1.82, 2.24) is 24.6 Å². The van der Waals surface area contributed by atoms with Gasteiger partial charge in [-0.3, -0.25) is 9.69 Å². The van der Waals surface area contributed by atoms with Crippen LogP contribution < -0.4 is 5.32 Å². The van der Waals surface area contributed by atoms with Crippen LogP contribution in [-0.2, 0) is 17.9 Å². The van der Waals surface area contributed by atoms with E-state index in [1.165, 1.54) is 0 Å². The molecule has 0 spiro atoms. The second-order valence-electron chi connectivity index (χ2n) is 8.61. The lowest BCUT2D eigenvalue weighted by atomic mass is 9.96. The maximum Gasteiger partial charge on any atom is 0.224 e. The molecule has 0 bridgehead atoms. The Balaban J connectivity index is 1.30. The van der Waals surface area contributed by atoms with Crippen LogP contribution in [0, 0.1) is 5.92 Å². The Kier molecular flexibility index (Phi) is 6.35. The molecule has 1 N–H and O–H groups in total. The molecular formula is C27H29N5O. The molecule has 1 atom stereocenters. The fraction of sp³-hybridized carbons (Fsp3) is 0.259. The molecule has 3 heterocycles. The quantitative estimate of drug-likeness (QED) is 0.470. The van der Waals surface area contributed by atoms with Crippen molar-refractivity contribution < 1.29 is 4.79 Å². The highest BCUT2D eigenvalue weighted by Gasteiger charge is 2.27. The summed E-state index contributed by atoms with van der Waals surface area (Å²) in [5.41, 5.74) is 3.31. The largest absolute Gasteiger partial charge is 0.352 e. The first-order chi connectivity index (χ1) is 16.3. The summed E-state index contributed by atoms with van der Waals surface area (Å²) in [4.78, 5) is 15.2. The number of nitrogens with zero attached hydrogens (tertiary/aromatic N) is 4. The summed E-state index contributed by atoms with van der Waals surface area (Å²) >= 11 is 0. The topological polar surface area (TPSA) is 55.1 Å². The maximum absolute atomic E-state index is 12.9. The summed E-state index contributed by atoms with van der Waals surface area (Å²) in [5.74, 6) is 1.21. The van der Waals surface area contributed by atoms with E-state index >= 15 is 0 Å². The summed E-state index contributed by atoms with van der Waals surface area (Å²) < 4.78 is 4.10. The third-order valence-electron chi connectivity index (χ3n) is 6.25. The first kappa shape index (κ1) is 21.2. The highest BCUT2D eigenvalue weighted by atomic mass is 16.1. The molecule has 6 nitrogen and oxygen atoms in total. The molecular weight excluding hydrogens is 410 g/mol. The van der Waals surface area contributed by atoms with E-state index in [2.05, 4.69) is 39.3 Å². The number of nitrogens with one attached hydrogen (secondary N) is 1. The van der Waals surface area contributed by atoms with Crippen LogP contribution in [0.1, 0.15) is 24.0 Å². The van der Waals surface area contributed by atoms with Gasteiger partial charge in [0.25, 0.3) is 0 Å². The van der Waals surface area contributed by atoms with Crippen molar-refractivity contribution in [3.05, 3.63) is 103 Å². The van der Waals surface area contributed by atoms with E-state index < -0.39 is 0 Å². The fourth-order valence-corrected chi connectivity index (χ4v) is 4.58. The standard InChI is InChI=1S/C27H29N5O/c33-26(28-18-22-10-3-1-4-11-22)23-12-9-15-30(20-23)21-24-19-29-32(25-13-5-2-6-14-25)27(24)31-16-7-8-17-31/h1-8,10-11,13-14,16-17,19,23H,9,12,15,18,20-21H2,(H,28,33). The first-order valence-electron chi connectivity index (χ1n) is 11.6. The van der Waals surface area contributed by atoms with Gasteiger partial charge in [-0.25, -0.2) is 4.68 Å². The van der Waals surface area contributed by atoms with Gasteiger partial charge in [0.1, 0.15) is 5.82 Å². The minimum atomic E-state index is 0.0154. The van der Waals surface area contributed by atoms with Gasteiger partial charge in [-0.05, 0) is 49.2 Å². The third kappa shape index (κ3) is 4.91. The summed E-state index contributed by atoms with van der Waals surface area (Å²) in [6.07, 6.45) is 8.02. The summed E-state index contributed by atoms with van der Waals surface area (Å²) in [7, 11) is 0. The zero-order valence-corrected chi connectivity index (χ0v) is 18.7. The van der Waals surface area contributed by atoms with Crippen LogP contribution in [-0.4, -0.2) is 38.2 Å². The third-order valence-corrected chi connectivity index (χ3v) is 6.25. The molecule has 33 heavy (non-hydrogen) atoms. The SMILES string of the molecule is O=C(NCc1ccccc1)C1CCCN(Cc2cnn(-c3ccccc3)c2-n2cccc2)C1. The summed E-state index contributed by atoms with van der Waals surface area (Å²) in [5, 5.41) is 7.84.